The Labute approximate surface area is 149 Å². The van der Waals surface area contributed by atoms with Gasteiger partial charge in [-0.15, -0.1) is 12.4 Å². The van der Waals surface area contributed by atoms with E-state index in [0.717, 1.165) is 24.9 Å². The summed E-state index contributed by atoms with van der Waals surface area (Å²) in [6.45, 7) is 2.63. The molecule has 5 heteroatoms. The quantitative estimate of drug-likeness (QED) is 0.712. The number of hydrogen-bond donors (Lipinski definition) is 2. The summed E-state index contributed by atoms with van der Waals surface area (Å²) in [5, 5.41) is 12.2. The fourth-order valence-electron chi connectivity index (χ4n) is 2.45. The van der Waals surface area contributed by atoms with E-state index >= 15 is 0 Å². The molecule has 0 amide bonds. The molecule has 0 aliphatic heterocycles. The van der Waals surface area contributed by atoms with Gasteiger partial charge in [-0.2, -0.15) is 0 Å². The van der Waals surface area contributed by atoms with Gasteiger partial charge in [-0.05, 0) is 29.7 Å². The standard InChI is InChI=1S/C19H23NO3.ClH/c1-2-6-18(16-7-4-3-5-8-16)20-13-15-9-11-17(12-10-15)23-14-19(21)22;/h3-5,7-12,18,20H,2,6,13-14H2,1H3,(H,21,22);1H. The second-order valence-corrected chi connectivity index (χ2v) is 5.46. The molecule has 24 heavy (non-hydrogen) atoms. The molecule has 2 rings (SSSR count). The molecule has 0 spiro atoms. The summed E-state index contributed by atoms with van der Waals surface area (Å²) in [5.41, 5.74) is 2.44. The summed E-state index contributed by atoms with van der Waals surface area (Å²) >= 11 is 0. The summed E-state index contributed by atoms with van der Waals surface area (Å²) in [6.07, 6.45) is 2.21. The maximum Gasteiger partial charge on any atom is 0.341 e. The average molecular weight is 350 g/mol. The van der Waals surface area contributed by atoms with Crippen molar-refractivity contribution in [2.24, 2.45) is 0 Å². The number of rotatable bonds is 9. The van der Waals surface area contributed by atoms with Crippen LogP contribution in [0.15, 0.2) is 54.6 Å². The van der Waals surface area contributed by atoms with Crippen molar-refractivity contribution in [1.82, 2.24) is 5.32 Å². The van der Waals surface area contributed by atoms with Crippen molar-refractivity contribution in [2.75, 3.05) is 6.61 Å². The summed E-state index contributed by atoms with van der Waals surface area (Å²) in [6, 6.07) is 18.3. The minimum atomic E-state index is -0.971. The fourth-order valence-corrected chi connectivity index (χ4v) is 2.45. The van der Waals surface area contributed by atoms with Crippen LogP contribution in [-0.4, -0.2) is 17.7 Å². The lowest BCUT2D eigenvalue weighted by atomic mass is 10.0. The molecule has 0 radical (unpaired) electrons. The van der Waals surface area contributed by atoms with Gasteiger partial charge >= 0.3 is 5.97 Å². The first-order chi connectivity index (χ1) is 11.2. The fraction of sp³-hybridized carbons (Fsp3) is 0.316. The Balaban J connectivity index is 0.00000288. The molecule has 0 aliphatic rings. The summed E-state index contributed by atoms with van der Waals surface area (Å²) < 4.78 is 5.14. The Bertz CT molecular complexity index is 602. The Morgan fingerprint density at radius 3 is 2.38 bits per heavy atom. The lowest BCUT2D eigenvalue weighted by molar-refractivity contribution is -0.139. The molecule has 0 aromatic heterocycles. The van der Waals surface area contributed by atoms with E-state index in [4.69, 9.17) is 9.84 Å². The van der Waals surface area contributed by atoms with E-state index < -0.39 is 5.97 Å². The third kappa shape index (κ3) is 6.60. The number of carboxylic acid groups (broad SMARTS) is 1. The number of ether oxygens (including phenoxy) is 1. The van der Waals surface area contributed by atoms with Crippen LogP contribution in [0.2, 0.25) is 0 Å². The monoisotopic (exact) mass is 349 g/mol. The number of halogens is 1. The highest BCUT2D eigenvalue weighted by molar-refractivity contribution is 5.85. The molecule has 2 aromatic rings. The molecule has 0 aliphatic carbocycles. The van der Waals surface area contributed by atoms with Crippen LogP contribution >= 0.6 is 12.4 Å². The zero-order valence-corrected chi connectivity index (χ0v) is 14.6. The van der Waals surface area contributed by atoms with E-state index in [0.29, 0.717) is 11.8 Å². The van der Waals surface area contributed by atoms with Gasteiger partial charge in [0.05, 0.1) is 0 Å². The maximum atomic E-state index is 10.5. The normalized spacial score (nSPS) is 11.4. The van der Waals surface area contributed by atoms with Crippen LogP contribution in [0, 0.1) is 0 Å². The van der Waals surface area contributed by atoms with Gasteiger partial charge in [-0.3, -0.25) is 0 Å². The van der Waals surface area contributed by atoms with E-state index in [-0.39, 0.29) is 19.0 Å². The van der Waals surface area contributed by atoms with Crippen molar-refractivity contribution < 1.29 is 14.6 Å². The van der Waals surface area contributed by atoms with Crippen LogP contribution in [0.5, 0.6) is 5.75 Å². The summed E-state index contributed by atoms with van der Waals surface area (Å²) in [7, 11) is 0. The first-order valence-corrected chi connectivity index (χ1v) is 7.91. The minimum Gasteiger partial charge on any atom is -0.482 e. The van der Waals surface area contributed by atoms with Crippen LogP contribution in [0.25, 0.3) is 0 Å². The van der Waals surface area contributed by atoms with Crippen molar-refractivity contribution in [3.8, 4) is 5.75 Å². The molecule has 0 fully saturated rings. The molecule has 4 nitrogen and oxygen atoms in total. The first kappa shape index (κ1) is 20.0. The molecule has 0 bridgehead atoms. The van der Waals surface area contributed by atoms with E-state index in [1.165, 1.54) is 5.56 Å². The number of carboxylic acids is 1. The van der Waals surface area contributed by atoms with Gasteiger partial charge in [0.1, 0.15) is 5.75 Å². The zero-order chi connectivity index (χ0) is 16.5. The van der Waals surface area contributed by atoms with Crippen molar-refractivity contribution in [3.63, 3.8) is 0 Å². The van der Waals surface area contributed by atoms with Crippen LogP contribution in [0.3, 0.4) is 0 Å². The van der Waals surface area contributed by atoms with Gasteiger partial charge in [0.25, 0.3) is 0 Å². The van der Waals surface area contributed by atoms with Crippen LogP contribution in [0.4, 0.5) is 0 Å². The highest BCUT2D eigenvalue weighted by atomic mass is 35.5. The Morgan fingerprint density at radius 1 is 1.12 bits per heavy atom. The van der Waals surface area contributed by atoms with Crippen molar-refractivity contribution in [3.05, 3.63) is 65.7 Å². The van der Waals surface area contributed by atoms with Crippen molar-refractivity contribution in [1.29, 1.82) is 0 Å². The van der Waals surface area contributed by atoms with Gasteiger partial charge in [0.15, 0.2) is 6.61 Å². The van der Waals surface area contributed by atoms with Crippen LogP contribution in [-0.2, 0) is 11.3 Å². The Morgan fingerprint density at radius 2 is 1.79 bits per heavy atom. The highest BCUT2D eigenvalue weighted by Gasteiger charge is 2.09. The molecule has 130 valence electrons. The van der Waals surface area contributed by atoms with Gasteiger partial charge in [-0.1, -0.05) is 55.8 Å². The minimum absolute atomic E-state index is 0. The van der Waals surface area contributed by atoms with E-state index in [9.17, 15) is 4.79 Å². The highest BCUT2D eigenvalue weighted by Crippen LogP contribution is 2.19. The lowest BCUT2D eigenvalue weighted by Gasteiger charge is -2.19. The molecule has 1 unspecified atom stereocenters. The maximum absolute atomic E-state index is 10.5. The number of aliphatic carboxylic acids is 1. The average Bonchev–Trinajstić information content (AvgIpc) is 2.58. The first-order valence-electron chi connectivity index (χ1n) is 7.91. The summed E-state index contributed by atoms with van der Waals surface area (Å²) in [5.74, 6) is -0.398. The largest absolute Gasteiger partial charge is 0.482 e. The van der Waals surface area contributed by atoms with Gasteiger partial charge in [0.2, 0.25) is 0 Å². The lowest BCUT2D eigenvalue weighted by Crippen LogP contribution is -2.20. The number of nitrogens with one attached hydrogen (secondary N) is 1. The van der Waals surface area contributed by atoms with E-state index in [1.54, 1.807) is 12.1 Å². The smallest absolute Gasteiger partial charge is 0.341 e. The second-order valence-electron chi connectivity index (χ2n) is 5.46. The van der Waals surface area contributed by atoms with Crippen molar-refractivity contribution >= 4 is 18.4 Å². The van der Waals surface area contributed by atoms with Crippen molar-refractivity contribution in [2.45, 2.75) is 32.4 Å². The topological polar surface area (TPSA) is 58.6 Å². The summed E-state index contributed by atoms with van der Waals surface area (Å²) in [4.78, 5) is 10.5. The van der Waals surface area contributed by atoms with Gasteiger partial charge < -0.3 is 15.2 Å². The van der Waals surface area contributed by atoms with Gasteiger partial charge in [0, 0.05) is 12.6 Å². The number of benzene rings is 2. The molecule has 1 atom stereocenters. The SMILES string of the molecule is CCCC(NCc1ccc(OCC(=O)O)cc1)c1ccccc1.Cl. The third-order valence-corrected chi connectivity index (χ3v) is 3.62. The molecule has 2 N–H and O–H groups in total. The molecule has 0 saturated heterocycles. The molecular formula is C19H24ClNO3. The van der Waals surface area contributed by atoms with Crippen LogP contribution < -0.4 is 10.1 Å². The zero-order valence-electron chi connectivity index (χ0n) is 13.8. The molecule has 2 aromatic carbocycles. The van der Waals surface area contributed by atoms with E-state index in [1.807, 2.05) is 18.2 Å². The molecule has 0 saturated carbocycles. The molecule has 0 heterocycles. The molecular weight excluding hydrogens is 326 g/mol. The Hall–Kier alpha value is -2.04. The number of carbonyl (C=O) groups is 1. The number of hydrogen-bond acceptors (Lipinski definition) is 3. The van der Waals surface area contributed by atoms with Gasteiger partial charge in [-0.25, -0.2) is 4.79 Å². The third-order valence-electron chi connectivity index (χ3n) is 3.62. The second kappa shape index (κ2) is 10.7. The predicted molar refractivity (Wildman–Crippen MR) is 97.8 cm³/mol. The Kier molecular flexibility index (Phi) is 8.90. The predicted octanol–water partition coefficient (Wildman–Crippen LogP) is 4.20. The van der Waals surface area contributed by atoms with Crippen LogP contribution in [0.1, 0.15) is 36.9 Å². The van der Waals surface area contributed by atoms with E-state index in [2.05, 4.69) is 36.5 Å².